The first-order valence-electron chi connectivity index (χ1n) is 10.5. The summed E-state index contributed by atoms with van der Waals surface area (Å²) in [7, 11) is 3.16. The van der Waals surface area contributed by atoms with E-state index in [4.69, 9.17) is 9.47 Å². The van der Waals surface area contributed by atoms with Crippen LogP contribution in [0.25, 0.3) is 5.76 Å². The molecule has 0 spiro atoms. The number of carbonyl (C=O) groups is 2. The third-order valence-corrected chi connectivity index (χ3v) is 6.28. The van der Waals surface area contributed by atoms with Crippen LogP contribution in [0, 0.1) is 6.92 Å². The van der Waals surface area contributed by atoms with Crippen LogP contribution in [0.15, 0.2) is 48.0 Å². The van der Waals surface area contributed by atoms with Gasteiger partial charge in [0.1, 0.15) is 17.3 Å². The fourth-order valence-electron chi connectivity index (χ4n) is 4.73. The average Bonchev–Trinajstić information content (AvgIpc) is 3.40. The highest BCUT2D eigenvalue weighted by Gasteiger charge is 2.49. The van der Waals surface area contributed by atoms with Gasteiger partial charge in [-0.25, -0.2) is 0 Å². The molecule has 1 saturated heterocycles. The van der Waals surface area contributed by atoms with Gasteiger partial charge in [-0.3, -0.25) is 9.59 Å². The number of aliphatic hydroxyl groups excluding tert-OH is 1. The van der Waals surface area contributed by atoms with Crippen molar-refractivity contribution in [3.8, 4) is 11.5 Å². The van der Waals surface area contributed by atoms with E-state index in [2.05, 4.69) is 0 Å². The number of hydrogen-bond donors (Lipinski definition) is 1. The Bertz CT molecular complexity index is 1050. The summed E-state index contributed by atoms with van der Waals surface area (Å²) in [6.07, 6.45) is 3.76. The number of hydrogen-bond acceptors (Lipinski definition) is 5. The molecular formula is C25H27NO5. The molecule has 2 aromatic rings. The number of ketones is 1. The summed E-state index contributed by atoms with van der Waals surface area (Å²) in [5, 5.41) is 11.2. The van der Waals surface area contributed by atoms with Crippen LogP contribution in [0.1, 0.15) is 48.4 Å². The smallest absolute Gasteiger partial charge is 0.295 e. The van der Waals surface area contributed by atoms with Gasteiger partial charge in [-0.15, -0.1) is 0 Å². The van der Waals surface area contributed by atoms with Crippen molar-refractivity contribution in [2.24, 2.45) is 0 Å². The molecule has 0 radical (unpaired) electrons. The summed E-state index contributed by atoms with van der Waals surface area (Å²) in [6.45, 7) is 1.87. The first-order valence-corrected chi connectivity index (χ1v) is 10.5. The van der Waals surface area contributed by atoms with Crippen molar-refractivity contribution < 1.29 is 24.2 Å². The molecule has 1 atom stereocenters. The van der Waals surface area contributed by atoms with Crippen molar-refractivity contribution in [1.82, 2.24) is 4.90 Å². The molecule has 1 heterocycles. The maximum atomic E-state index is 13.2. The van der Waals surface area contributed by atoms with Gasteiger partial charge in [0.15, 0.2) is 0 Å². The van der Waals surface area contributed by atoms with E-state index in [0.29, 0.717) is 17.1 Å². The molecule has 2 aliphatic rings. The van der Waals surface area contributed by atoms with Crippen molar-refractivity contribution in [3.05, 3.63) is 64.7 Å². The second kappa shape index (κ2) is 8.46. The van der Waals surface area contributed by atoms with Crippen molar-refractivity contribution >= 4 is 17.4 Å². The number of ether oxygens (including phenoxy) is 2. The predicted octanol–water partition coefficient (Wildman–Crippen LogP) is 4.38. The zero-order chi connectivity index (χ0) is 22.1. The van der Waals surface area contributed by atoms with Crippen LogP contribution in [0.2, 0.25) is 0 Å². The number of aliphatic hydroxyl groups is 1. The molecule has 0 aromatic heterocycles. The van der Waals surface area contributed by atoms with Crippen LogP contribution >= 0.6 is 0 Å². The lowest BCUT2D eigenvalue weighted by Gasteiger charge is -2.31. The molecule has 1 saturated carbocycles. The summed E-state index contributed by atoms with van der Waals surface area (Å²) >= 11 is 0. The molecular weight excluding hydrogens is 394 g/mol. The maximum Gasteiger partial charge on any atom is 0.295 e. The maximum absolute atomic E-state index is 13.2. The largest absolute Gasteiger partial charge is 0.507 e. The summed E-state index contributed by atoms with van der Waals surface area (Å²) in [5.74, 6) is -0.0447. The molecule has 1 amide bonds. The Morgan fingerprint density at radius 2 is 1.77 bits per heavy atom. The summed E-state index contributed by atoms with van der Waals surface area (Å²) in [4.78, 5) is 28.0. The quantitative estimate of drug-likeness (QED) is 0.441. The van der Waals surface area contributed by atoms with Crippen LogP contribution in [-0.2, 0) is 9.59 Å². The van der Waals surface area contributed by atoms with Crippen molar-refractivity contribution in [2.75, 3.05) is 14.2 Å². The number of aryl methyl sites for hydroxylation is 1. The second-order valence-corrected chi connectivity index (χ2v) is 8.11. The van der Waals surface area contributed by atoms with E-state index >= 15 is 0 Å². The fourth-order valence-corrected chi connectivity index (χ4v) is 4.73. The molecule has 1 unspecified atom stereocenters. The van der Waals surface area contributed by atoms with E-state index in [-0.39, 0.29) is 17.4 Å². The van der Waals surface area contributed by atoms with Crippen LogP contribution in [0.3, 0.4) is 0 Å². The van der Waals surface area contributed by atoms with Gasteiger partial charge in [-0.05, 0) is 61.2 Å². The van der Waals surface area contributed by atoms with Gasteiger partial charge < -0.3 is 19.5 Å². The minimum Gasteiger partial charge on any atom is -0.507 e. The van der Waals surface area contributed by atoms with E-state index in [1.165, 1.54) is 0 Å². The van der Waals surface area contributed by atoms with E-state index in [1.807, 2.05) is 31.2 Å². The Labute approximate surface area is 182 Å². The molecule has 0 bridgehead atoms. The first kappa shape index (κ1) is 21.0. The van der Waals surface area contributed by atoms with Gasteiger partial charge in [-0.2, -0.15) is 0 Å². The molecule has 31 heavy (non-hydrogen) atoms. The number of methoxy groups -OCH3 is 2. The third-order valence-electron chi connectivity index (χ3n) is 6.28. The van der Waals surface area contributed by atoms with Crippen LogP contribution in [0.4, 0.5) is 0 Å². The summed E-state index contributed by atoms with van der Waals surface area (Å²) < 4.78 is 10.7. The molecule has 2 fully saturated rings. The molecule has 1 N–H and O–H groups in total. The lowest BCUT2D eigenvalue weighted by atomic mass is 9.94. The molecule has 162 valence electrons. The number of rotatable bonds is 5. The average molecular weight is 421 g/mol. The summed E-state index contributed by atoms with van der Waals surface area (Å²) in [6, 6.07) is 11.9. The van der Waals surface area contributed by atoms with Gasteiger partial charge in [0, 0.05) is 11.6 Å². The highest BCUT2D eigenvalue weighted by molar-refractivity contribution is 6.46. The number of benzene rings is 2. The lowest BCUT2D eigenvalue weighted by Crippen LogP contribution is -2.37. The normalized spacial score (nSPS) is 21.0. The van der Waals surface area contributed by atoms with E-state index in [1.54, 1.807) is 37.3 Å². The SMILES string of the molecule is COc1cccc(C2/C(=C(/O)c3ccc(OC)c(C)c3)C(=O)C(=O)N2C2CCCC2)c1. The monoisotopic (exact) mass is 421 g/mol. The molecule has 1 aliphatic carbocycles. The number of nitrogens with zero attached hydrogens (tertiary/aromatic N) is 1. The minimum atomic E-state index is -0.652. The van der Waals surface area contributed by atoms with Crippen molar-refractivity contribution in [1.29, 1.82) is 0 Å². The molecule has 6 heteroatoms. The second-order valence-electron chi connectivity index (χ2n) is 8.11. The highest BCUT2D eigenvalue weighted by atomic mass is 16.5. The predicted molar refractivity (Wildman–Crippen MR) is 117 cm³/mol. The molecule has 1 aliphatic heterocycles. The topological polar surface area (TPSA) is 76.1 Å². The minimum absolute atomic E-state index is 0.0180. The van der Waals surface area contributed by atoms with Gasteiger partial charge in [0.2, 0.25) is 0 Å². The molecule has 4 rings (SSSR count). The Morgan fingerprint density at radius 3 is 2.42 bits per heavy atom. The van der Waals surface area contributed by atoms with Crippen LogP contribution in [0.5, 0.6) is 11.5 Å². The number of amides is 1. The Hall–Kier alpha value is -3.28. The van der Waals surface area contributed by atoms with Crippen LogP contribution < -0.4 is 9.47 Å². The van der Waals surface area contributed by atoms with Crippen molar-refractivity contribution in [3.63, 3.8) is 0 Å². The number of Topliss-reactive ketones (excluding diaryl/α,β-unsaturated/α-hetero) is 1. The highest BCUT2D eigenvalue weighted by Crippen LogP contribution is 2.44. The van der Waals surface area contributed by atoms with E-state index < -0.39 is 17.7 Å². The fraction of sp³-hybridized carbons (Fsp3) is 0.360. The van der Waals surface area contributed by atoms with Gasteiger partial charge in [0.05, 0.1) is 25.8 Å². The Kier molecular flexibility index (Phi) is 5.72. The van der Waals surface area contributed by atoms with E-state index in [9.17, 15) is 14.7 Å². The Balaban J connectivity index is 1.89. The zero-order valence-corrected chi connectivity index (χ0v) is 18.1. The van der Waals surface area contributed by atoms with E-state index in [0.717, 1.165) is 36.8 Å². The van der Waals surface area contributed by atoms with Crippen molar-refractivity contribution in [2.45, 2.75) is 44.7 Å². The van der Waals surface area contributed by atoms with Crippen LogP contribution in [-0.4, -0.2) is 42.0 Å². The summed E-state index contributed by atoms with van der Waals surface area (Å²) in [5.41, 5.74) is 2.18. The van der Waals surface area contributed by atoms with Gasteiger partial charge >= 0.3 is 0 Å². The molecule has 6 nitrogen and oxygen atoms in total. The number of carbonyl (C=O) groups excluding carboxylic acids is 2. The Morgan fingerprint density at radius 1 is 1.03 bits per heavy atom. The molecule has 2 aromatic carbocycles. The van der Waals surface area contributed by atoms with Gasteiger partial charge in [0.25, 0.3) is 11.7 Å². The zero-order valence-electron chi connectivity index (χ0n) is 18.1. The standard InChI is InChI=1S/C25H27NO5/c1-15-13-17(11-12-20(15)31-3)23(27)21-22(16-7-6-10-19(14-16)30-2)26(25(29)24(21)28)18-8-4-5-9-18/h6-7,10-14,18,22,27H,4-5,8-9H2,1-3H3/b23-21-. The first-order chi connectivity index (χ1) is 15.0. The van der Waals surface area contributed by atoms with Gasteiger partial charge in [-0.1, -0.05) is 25.0 Å². The lowest BCUT2D eigenvalue weighted by molar-refractivity contribution is -0.141. The third kappa shape index (κ3) is 3.67. The number of likely N-dealkylation sites (tertiary alicyclic amines) is 1.